The number of nitrogens with zero attached hydrogens (tertiary/aromatic N) is 1. The molecule has 1 aliphatic rings. The van der Waals surface area contributed by atoms with Crippen molar-refractivity contribution in [2.75, 3.05) is 18.8 Å². The molecule has 1 heterocycles. The zero-order chi connectivity index (χ0) is 14.0. The van der Waals surface area contributed by atoms with Gasteiger partial charge in [-0.15, -0.1) is 0 Å². The minimum Gasteiger partial charge on any atom is -0.353 e. The quantitative estimate of drug-likeness (QED) is 0.818. The molecular weight excluding hydrogens is 273 g/mol. The van der Waals surface area contributed by atoms with Gasteiger partial charge >= 0.3 is 6.18 Å². The van der Waals surface area contributed by atoms with Crippen molar-refractivity contribution in [2.45, 2.75) is 32.0 Å². The molecule has 1 amide bonds. The molecule has 0 aromatic rings. The summed E-state index contributed by atoms with van der Waals surface area (Å²) in [6.45, 7) is 1.69. The third-order valence-electron chi connectivity index (χ3n) is 2.66. The van der Waals surface area contributed by atoms with E-state index in [4.69, 9.17) is 0 Å². The first-order valence-electron chi connectivity index (χ1n) is 5.47. The van der Waals surface area contributed by atoms with Gasteiger partial charge < -0.3 is 5.32 Å². The topological polar surface area (TPSA) is 66.5 Å². The van der Waals surface area contributed by atoms with Gasteiger partial charge in [-0.25, -0.2) is 8.42 Å². The molecule has 1 unspecified atom stereocenters. The van der Waals surface area contributed by atoms with E-state index < -0.39 is 46.7 Å². The molecule has 0 saturated carbocycles. The summed E-state index contributed by atoms with van der Waals surface area (Å²) >= 11 is 0. The zero-order valence-electron chi connectivity index (χ0n) is 9.83. The van der Waals surface area contributed by atoms with Crippen LogP contribution in [0.4, 0.5) is 13.2 Å². The summed E-state index contributed by atoms with van der Waals surface area (Å²) < 4.78 is 60.4. The zero-order valence-corrected chi connectivity index (χ0v) is 10.6. The maximum absolute atomic E-state index is 11.9. The summed E-state index contributed by atoms with van der Waals surface area (Å²) in [7, 11) is -3.82. The van der Waals surface area contributed by atoms with Crippen molar-refractivity contribution in [1.82, 2.24) is 9.62 Å². The van der Waals surface area contributed by atoms with Crippen molar-refractivity contribution in [3.63, 3.8) is 0 Å². The Balaban J connectivity index is 2.60. The third-order valence-corrected chi connectivity index (χ3v) is 4.68. The Bertz CT molecular complexity index is 408. The van der Waals surface area contributed by atoms with Gasteiger partial charge in [0.15, 0.2) is 0 Å². The van der Waals surface area contributed by atoms with Crippen LogP contribution in [-0.4, -0.2) is 49.7 Å². The van der Waals surface area contributed by atoms with Crippen LogP contribution < -0.4 is 5.32 Å². The highest BCUT2D eigenvalue weighted by atomic mass is 32.2. The van der Waals surface area contributed by atoms with Crippen molar-refractivity contribution < 1.29 is 26.4 Å². The molecule has 9 heteroatoms. The van der Waals surface area contributed by atoms with Gasteiger partial charge in [-0.05, 0) is 13.3 Å². The van der Waals surface area contributed by atoms with Crippen LogP contribution in [0.3, 0.4) is 0 Å². The van der Waals surface area contributed by atoms with Crippen LogP contribution in [0.25, 0.3) is 0 Å². The molecule has 0 spiro atoms. The van der Waals surface area contributed by atoms with Gasteiger partial charge in [-0.1, -0.05) is 0 Å². The molecule has 0 bridgehead atoms. The number of hydrogen-bond donors (Lipinski definition) is 1. The predicted molar refractivity (Wildman–Crippen MR) is 58.3 cm³/mol. The highest BCUT2D eigenvalue weighted by Crippen LogP contribution is 2.22. The number of carbonyl (C=O) groups is 1. The Morgan fingerprint density at radius 1 is 1.44 bits per heavy atom. The Labute approximate surface area is 103 Å². The van der Waals surface area contributed by atoms with E-state index in [0.717, 1.165) is 4.31 Å². The van der Waals surface area contributed by atoms with E-state index >= 15 is 0 Å². The van der Waals surface area contributed by atoms with E-state index in [1.807, 2.05) is 0 Å². The van der Waals surface area contributed by atoms with Crippen molar-refractivity contribution in [3.8, 4) is 0 Å². The average molecular weight is 288 g/mol. The highest BCUT2D eigenvalue weighted by molar-refractivity contribution is 7.89. The smallest absolute Gasteiger partial charge is 0.353 e. The monoisotopic (exact) mass is 288 g/mol. The summed E-state index contributed by atoms with van der Waals surface area (Å²) in [5.74, 6) is -1.02. The number of carbonyl (C=O) groups excluding carboxylic acids is 1. The molecule has 0 aromatic carbocycles. The lowest BCUT2D eigenvalue weighted by Crippen LogP contribution is -2.56. The fourth-order valence-corrected chi connectivity index (χ4v) is 3.40. The Morgan fingerprint density at radius 2 is 2.06 bits per heavy atom. The molecule has 0 aliphatic carbocycles. The van der Waals surface area contributed by atoms with E-state index in [1.54, 1.807) is 0 Å². The number of alkyl halides is 3. The number of hydrogen-bond acceptors (Lipinski definition) is 3. The minimum atomic E-state index is -4.36. The summed E-state index contributed by atoms with van der Waals surface area (Å²) in [4.78, 5) is 11.3. The van der Waals surface area contributed by atoms with Crippen LogP contribution in [0, 0.1) is 0 Å². The van der Waals surface area contributed by atoms with E-state index in [2.05, 4.69) is 5.32 Å². The molecule has 18 heavy (non-hydrogen) atoms. The second-order valence-corrected chi connectivity index (χ2v) is 6.15. The van der Waals surface area contributed by atoms with Gasteiger partial charge in [-0.3, -0.25) is 4.79 Å². The van der Waals surface area contributed by atoms with Crippen LogP contribution >= 0.6 is 0 Å². The van der Waals surface area contributed by atoms with Crippen LogP contribution in [0.5, 0.6) is 0 Å². The van der Waals surface area contributed by atoms with Gasteiger partial charge in [0.2, 0.25) is 15.9 Å². The SMILES string of the molecule is CC1C(=O)NCCN1S(=O)(=O)CCCC(F)(F)F. The second kappa shape index (κ2) is 5.43. The molecule has 1 aliphatic heterocycles. The Hall–Kier alpha value is -0.830. The van der Waals surface area contributed by atoms with Crippen molar-refractivity contribution in [2.24, 2.45) is 0 Å². The summed E-state index contributed by atoms with van der Waals surface area (Å²) in [5, 5.41) is 2.49. The van der Waals surface area contributed by atoms with Gasteiger partial charge in [-0.2, -0.15) is 17.5 Å². The van der Waals surface area contributed by atoms with E-state index in [1.165, 1.54) is 6.92 Å². The normalized spacial score (nSPS) is 22.9. The number of piperazine rings is 1. The van der Waals surface area contributed by atoms with Gasteiger partial charge in [0, 0.05) is 19.5 Å². The molecule has 1 rings (SSSR count). The molecule has 1 N–H and O–H groups in total. The largest absolute Gasteiger partial charge is 0.389 e. The lowest BCUT2D eigenvalue weighted by atomic mass is 10.2. The Morgan fingerprint density at radius 3 is 2.61 bits per heavy atom. The second-order valence-electron chi connectivity index (χ2n) is 4.11. The first-order valence-corrected chi connectivity index (χ1v) is 7.08. The first kappa shape index (κ1) is 15.2. The van der Waals surface area contributed by atoms with E-state index in [9.17, 15) is 26.4 Å². The molecule has 1 fully saturated rings. The van der Waals surface area contributed by atoms with Crippen LogP contribution in [0.2, 0.25) is 0 Å². The molecule has 106 valence electrons. The van der Waals surface area contributed by atoms with E-state index in [-0.39, 0.29) is 13.1 Å². The third kappa shape index (κ3) is 4.13. The Kier molecular flexibility index (Phi) is 4.60. The van der Waals surface area contributed by atoms with Gasteiger partial charge in [0.25, 0.3) is 0 Å². The standard InChI is InChI=1S/C9H15F3N2O3S/c1-7-8(15)13-4-5-14(7)18(16,17)6-2-3-9(10,11)12/h7H,2-6H2,1H3,(H,13,15). The van der Waals surface area contributed by atoms with E-state index in [0.29, 0.717) is 0 Å². The maximum atomic E-state index is 11.9. The summed E-state index contributed by atoms with van der Waals surface area (Å²) in [5.41, 5.74) is 0. The van der Waals surface area contributed by atoms with Gasteiger partial charge in [0.1, 0.15) is 6.04 Å². The summed E-state index contributed by atoms with van der Waals surface area (Å²) in [6.07, 6.45) is -5.99. The molecule has 0 radical (unpaired) electrons. The molecule has 1 atom stereocenters. The number of rotatable bonds is 4. The molecule has 1 saturated heterocycles. The lowest BCUT2D eigenvalue weighted by molar-refractivity contribution is -0.134. The fourth-order valence-electron chi connectivity index (χ4n) is 1.71. The molecule has 0 aromatic heterocycles. The minimum absolute atomic E-state index is 0.0985. The van der Waals surface area contributed by atoms with Crippen LogP contribution in [0.15, 0.2) is 0 Å². The van der Waals surface area contributed by atoms with Crippen molar-refractivity contribution in [1.29, 1.82) is 0 Å². The first-order chi connectivity index (χ1) is 8.13. The fraction of sp³-hybridized carbons (Fsp3) is 0.889. The highest BCUT2D eigenvalue weighted by Gasteiger charge is 2.35. The predicted octanol–water partition coefficient (Wildman–Crippen LogP) is 0.479. The number of halogens is 3. The molecule has 5 nitrogen and oxygen atoms in total. The van der Waals surface area contributed by atoms with Gasteiger partial charge in [0.05, 0.1) is 5.75 Å². The number of nitrogens with one attached hydrogen (secondary N) is 1. The number of sulfonamides is 1. The number of amides is 1. The average Bonchev–Trinajstić information content (AvgIpc) is 2.19. The maximum Gasteiger partial charge on any atom is 0.389 e. The summed E-state index contributed by atoms with van der Waals surface area (Å²) in [6, 6.07) is -0.866. The molecular formula is C9H15F3N2O3S. The van der Waals surface area contributed by atoms with Crippen LogP contribution in [-0.2, 0) is 14.8 Å². The van der Waals surface area contributed by atoms with Crippen LogP contribution in [0.1, 0.15) is 19.8 Å². The van der Waals surface area contributed by atoms with Crippen molar-refractivity contribution in [3.05, 3.63) is 0 Å². The van der Waals surface area contributed by atoms with Crippen molar-refractivity contribution >= 4 is 15.9 Å². The lowest BCUT2D eigenvalue weighted by Gasteiger charge is -2.31.